The number of amides is 1. The number of carbonyl (C=O) groups excluding carboxylic acids is 1. The lowest BCUT2D eigenvalue weighted by molar-refractivity contribution is -0.115. The molecule has 0 aliphatic carbocycles. The zero-order valence-corrected chi connectivity index (χ0v) is 19.2. The molecule has 1 heterocycles. The van der Waals surface area contributed by atoms with Gasteiger partial charge in [-0.2, -0.15) is 0 Å². The van der Waals surface area contributed by atoms with E-state index in [9.17, 15) is 13.6 Å². The molecule has 0 fully saturated rings. The molecule has 3 N–H and O–H groups in total. The molecule has 168 valence electrons. The fourth-order valence-corrected chi connectivity index (χ4v) is 4.36. The lowest BCUT2D eigenvalue weighted by Crippen LogP contribution is -2.29. The maximum atomic E-state index is 13.4. The van der Waals surface area contributed by atoms with Crippen LogP contribution >= 0.6 is 23.5 Å². The molecule has 1 aliphatic heterocycles. The summed E-state index contributed by atoms with van der Waals surface area (Å²) in [6.07, 6.45) is 5.08. The highest BCUT2D eigenvalue weighted by atomic mass is 35.5. The predicted octanol–water partition coefficient (Wildman–Crippen LogP) is 5.93. The van der Waals surface area contributed by atoms with Gasteiger partial charge in [0.25, 0.3) is 0 Å². The van der Waals surface area contributed by atoms with E-state index < -0.39 is 11.6 Å². The van der Waals surface area contributed by atoms with Crippen molar-refractivity contribution in [3.05, 3.63) is 94.2 Å². The number of nitrogens with zero attached hydrogens (tertiary/aromatic N) is 1. The largest absolute Gasteiger partial charge is 0.370 e. The molecule has 0 radical (unpaired) electrons. The second-order valence-electron chi connectivity index (χ2n) is 7.43. The highest BCUT2D eigenvalue weighted by Crippen LogP contribution is 2.32. The van der Waals surface area contributed by atoms with Gasteiger partial charge in [0.2, 0.25) is 5.91 Å². The number of fused-ring (bicyclic) bond motifs is 1. The monoisotopic (exact) mass is 475 g/mol. The van der Waals surface area contributed by atoms with Crippen LogP contribution in [0.5, 0.6) is 0 Å². The van der Waals surface area contributed by atoms with E-state index in [1.54, 1.807) is 6.08 Å². The Hall–Kier alpha value is -2.61. The summed E-state index contributed by atoms with van der Waals surface area (Å²) >= 11 is 7.18. The number of halogens is 3. The van der Waals surface area contributed by atoms with Gasteiger partial charge in [-0.1, -0.05) is 24.2 Å². The van der Waals surface area contributed by atoms with Gasteiger partial charge in [-0.05, 0) is 84.5 Å². The zero-order chi connectivity index (χ0) is 23.3. The highest BCUT2D eigenvalue weighted by Gasteiger charge is 2.21. The first-order valence-electron chi connectivity index (χ1n) is 9.98. The Labute approximate surface area is 195 Å². The third-order valence-electron chi connectivity index (χ3n) is 5.25. The molecular weight excluding hydrogens is 452 g/mol. The van der Waals surface area contributed by atoms with Gasteiger partial charge in [-0.15, -0.1) is 0 Å². The van der Waals surface area contributed by atoms with Crippen molar-refractivity contribution < 1.29 is 13.6 Å². The molecule has 0 spiro atoms. The Morgan fingerprint density at radius 1 is 1.34 bits per heavy atom. The van der Waals surface area contributed by atoms with E-state index in [0.29, 0.717) is 17.8 Å². The molecule has 2 aromatic carbocycles. The van der Waals surface area contributed by atoms with Gasteiger partial charge in [0.15, 0.2) is 0 Å². The fourth-order valence-electron chi connectivity index (χ4n) is 3.55. The Bertz CT molecular complexity index is 1100. The number of nitrogens with two attached hydrogens (primary N) is 1. The van der Waals surface area contributed by atoms with Crippen molar-refractivity contribution in [3.8, 4) is 0 Å². The van der Waals surface area contributed by atoms with Gasteiger partial charge in [0.05, 0.1) is 6.42 Å². The van der Waals surface area contributed by atoms with Gasteiger partial charge < -0.3 is 10.2 Å². The standard InChI is InChI=1S/C24H24ClF2N3OS/c1-3-18(26)6-4-15(2)30-9-8-21-17(14-30)10-20(13-23(21)32-28)29-24(31)11-16-5-7-19(27)12-22(16)25/h3-7,10,12-13H,1,8-9,11,14,28H2,2H3,(H,29,31)/b15-4+,18-6+. The number of rotatable bonds is 7. The Balaban J connectivity index is 1.78. The molecule has 4 nitrogen and oxygen atoms in total. The summed E-state index contributed by atoms with van der Waals surface area (Å²) < 4.78 is 26.6. The minimum atomic E-state index is -0.449. The average Bonchev–Trinajstić information content (AvgIpc) is 2.77. The number of allylic oxidation sites excluding steroid dienone is 5. The van der Waals surface area contributed by atoms with Crippen molar-refractivity contribution in [3.63, 3.8) is 0 Å². The summed E-state index contributed by atoms with van der Waals surface area (Å²) in [5, 5.41) is 8.99. The van der Waals surface area contributed by atoms with Crippen molar-refractivity contribution in [1.82, 2.24) is 4.90 Å². The normalized spacial score (nSPS) is 14.2. The summed E-state index contributed by atoms with van der Waals surface area (Å²) in [4.78, 5) is 15.6. The van der Waals surface area contributed by atoms with E-state index in [1.807, 2.05) is 19.1 Å². The van der Waals surface area contributed by atoms with E-state index in [4.69, 9.17) is 16.7 Å². The summed E-state index contributed by atoms with van der Waals surface area (Å²) in [6, 6.07) is 7.75. The van der Waals surface area contributed by atoms with Crippen LogP contribution in [0.25, 0.3) is 0 Å². The molecule has 0 saturated carbocycles. The van der Waals surface area contributed by atoms with Crippen molar-refractivity contribution in [1.29, 1.82) is 0 Å². The summed E-state index contributed by atoms with van der Waals surface area (Å²) in [5.41, 5.74) is 4.29. The molecule has 0 bridgehead atoms. The van der Waals surface area contributed by atoms with Gasteiger partial charge >= 0.3 is 0 Å². The number of hydrogen-bond donors (Lipinski definition) is 2. The van der Waals surface area contributed by atoms with Crippen molar-refractivity contribution >= 4 is 35.1 Å². The molecule has 0 aromatic heterocycles. The van der Waals surface area contributed by atoms with E-state index in [2.05, 4.69) is 16.8 Å². The van der Waals surface area contributed by atoms with Crippen LogP contribution in [-0.2, 0) is 24.2 Å². The minimum Gasteiger partial charge on any atom is -0.370 e. The molecule has 0 saturated heterocycles. The third-order valence-corrected chi connectivity index (χ3v) is 6.22. The SMILES string of the molecule is C=C/C(F)=C\C=C(/C)N1CCc2c(cc(NC(=O)Cc3ccc(F)cc3Cl)cc2SN)C1. The van der Waals surface area contributed by atoms with E-state index in [-0.39, 0.29) is 17.4 Å². The van der Waals surface area contributed by atoms with E-state index in [0.717, 1.165) is 52.7 Å². The molecule has 1 aliphatic rings. The van der Waals surface area contributed by atoms with Crippen LogP contribution in [0.15, 0.2) is 71.6 Å². The molecule has 1 amide bonds. The van der Waals surface area contributed by atoms with E-state index in [1.165, 1.54) is 24.3 Å². The zero-order valence-electron chi connectivity index (χ0n) is 17.6. The summed E-state index contributed by atoms with van der Waals surface area (Å²) in [7, 11) is 0. The average molecular weight is 476 g/mol. The number of nitrogens with one attached hydrogen (secondary N) is 1. The van der Waals surface area contributed by atoms with Crippen LogP contribution in [0.2, 0.25) is 5.02 Å². The molecule has 0 atom stereocenters. The van der Waals surface area contributed by atoms with Gasteiger partial charge in [0, 0.05) is 34.4 Å². The Morgan fingerprint density at radius 2 is 2.12 bits per heavy atom. The molecule has 32 heavy (non-hydrogen) atoms. The van der Waals surface area contributed by atoms with Crippen LogP contribution < -0.4 is 10.5 Å². The second kappa shape index (κ2) is 10.8. The summed E-state index contributed by atoms with van der Waals surface area (Å²) in [5.74, 6) is -1.11. The molecular formula is C24H24ClF2N3OS. The van der Waals surface area contributed by atoms with Crippen molar-refractivity contribution in [2.75, 3.05) is 11.9 Å². The topological polar surface area (TPSA) is 58.4 Å². The number of carbonyl (C=O) groups is 1. The lowest BCUT2D eigenvalue weighted by atomic mass is 9.98. The number of hydrogen-bond acceptors (Lipinski definition) is 4. The molecule has 8 heteroatoms. The van der Waals surface area contributed by atoms with Crippen molar-refractivity contribution in [2.45, 2.75) is 31.2 Å². The number of benzene rings is 2. The molecule has 2 aromatic rings. The predicted molar refractivity (Wildman–Crippen MR) is 127 cm³/mol. The maximum absolute atomic E-state index is 13.4. The van der Waals surface area contributed by atoms with Crippen LogP contribution in [0.3, 0.4) is 0 Å². The maximum Gasteiger partial charge on any atom is 0.228 e. The van der Waals surface area contributed by atoms with Crippen molar-refractivity contribution in [2.24, 2.45) is 5.14 Å². The Kier molecular flexibility index (Phi) is 8.12. The van der Waals surface area contributed by atoms with Crippen LogP contribution in [0.4, 0.5) is 14.5 Å². The third kappa shape index (κ3) is 6.00. The van der Waals surface area contributed by atoms with Crippen LogP contribution in [0, 0.1) is 5.82 Å². The Morgan fingerprint density at radius 3 is 2.81 bits per heavy atom. The first-order chi connectivity index (χ1) is 15.3. The lowest BCUT2D eigenvalue weighted by Gasteiger charge is -2.32. The second-order valence-corrected chi connectivity index (χ2v) is 8.51. The van der Waals surface area contributed by atoms with E-state index >= 15 is 0 Å². The quantitative estimate of drug-likeness (QED) is 0.385. The smallest absolute Gasteiger partial charge is 0.228 e. The van der Waals surface area contributed by atoms with Gasteiger partial charge in [-0.25, -0.2) is 8.78 Å². The van der Waals surface area contributed by atoms with Crippen LogP contribution in [-0.4, -0.2) is 17.4 Å². The first-order valence-corrected chi connectivity index (χ1v) is 11.2. The minimum absolute atomic E-state index is 0.0243. The van der Waals surface area contributed by atoms with Gasteiger partial charge in [-0.3, -0.25) is 9.93 Å². The molecule has 0 unspecified atom stereocenters. The first kappa shape index (κ1) is 24.0. The molecule has 3 rings (SSSR count). The van der Waals surface area contributed by atoms with Crippen LogP contribution in [0.1, 0.15) is 23.6 Å². The number of anilines is 1. The van der Waals surface area contributed by atoms with Gasteiger partial charge in [0.1, 0.15) is 11.6 Å². The highest BCUT2D eigenvalue weighted by molar-refractivity contribution is 7.97. The fraction of sp³-hybridized carbons (Fsp3) is 0.208. The summed E-state index contributed by atoms with van der Waals surface area (Å²) in [6.45, 7) is 6.73.